The Bertz CT molecular complexity index is 425. The first-order valence-electron chi connectivity index (χ1n) is 8.05. The second kappa shape index (κ2) is 13.9. The van der Waals surface area contributed by atoms with Gasteiger partial charge >= 0.3 is 11.9 Å². The Morgan fingerprint density at radius 3 is 1.60 bits per heavy atom. The van der Waals surface area contributed by atoms with Crippen molar-refractivity contribution in [2.45, 2.75) is 33.6 Å². The standard InChI is InChI=1S/C18H28O7/c1-4-9-22-12-18(13-23-10-5-2,14-24-11-6-3)15-25-17(21)8-7-16(19)20/h4-6,9-11H,7-8,12-15H2,1-3H3,(H,19,20). The molecule has 7 heteroatoms. The minimum absolute atomic E-state index is 0.0158. The summed E-state index contributed by atoms with van der Waals surface area (Å²) < 4.78 is 21.6. The molecular weight excluding hydrogens is 328 g/mol. The van der Waals surface area contributed by atoms with Crippen LogP contribution in [0.5, 0.6) is 0 Å². The lowest BCUT2D eigenvalue weighted by atomic mass is 9.92. The number of carbonyl (C=O) groups is 2. The Morgan fingerprint density at radius 1 is 0.800 bits per heavy atom. The SMILES string of the molecule is CC=COCC(COC=CC)(COC=CC)COC(=O)CCC(=O)O. The van der Waals surface area contributed by atoms with Crippen molar-refractivity contribution in [3.63, 3.8) is 0 Å². The maximum Gasteiger partial charge on any atom is 0.306 e. The van der Waals surface area contributed by atoms with E-state index >= 15 is 0 Å². The fraction of sp³-hybridized carbons (Fsp3) is 0.556. The van der Waals surface area contributed by atoms with Gasteiger partial charge in [0.05, 0.1) is 31.6 Å². The summed E-state index contributed by atoms with van der Waals surface area (Å²) in [6.07, 6.45) is 9.36. The Hall–Kier alpha value is -2.44. The number of esters is 1. The van der Waals surface area contributed by atoms with Crippen LogP contribution in [0, 0.1) is 5.41 Å². The van der Waals surface area contributed by atoms with E-state index in [0.29, 0.717) is 0 Å². The molecule has 0 aromatic heterocycles. The molecule has 0 saturated heterocycles. The molecule has 0 radical (unpaired) electrons. The fourth-order valence-corrected chi connectivity index (χ4v) is 1.73. The molecule has 1 N–H and O–H groups in total. The zero-order valence-electron chi connectivity index (χ0n) is 15.1. The highest BCUT2D eigenvalue weighted by Gasteiger charge is 2.35. The molecule has 7 nitrogen and oxygen atoms in total. The number of carboxylic acid groups (broad SMARTS) is 1. The molecule has 0 saturated carbocycles. The smallest absolute Gasteiger partial charge is 0.306 e. The molecule has 142 valence electrons. The van der Waals surface area contributed by atoms with E-state index in [1.54, 1.807) is 18.2 Å². The van der Waals surface area contributed by atoms with Gasteiger partial charge < -0.3 is 24.1 Å². The van der Waals surface area contributed by atoms with Crippen LogP contribution in [0.15, 0.2) is 37.0 Å². The Kier molecular flexibility index (Phi) is 12.6. The van der Waals surface area contributed by atoms with Gasteiger partial charge in [-0.1, -0.05) is 18.2 Å². The minimum atomic E-state index is -1.05. The lowest BCUT2D eigenvalue weighted by Crippen LogP contribution is -2.41. The van der Waals surface area contributed by atoms with Crippen molar-refractivity contribution in [1.82, 2.24) is 0 Å². The molecule has 0 bridgehead atoms. The van der Waals surface area contributed by atoms with Crippen molar-refractivity contribution in [3.05, 3.63) is 37.0 Å². The fourth-order valence-electron chi connectivity index (χ4n) is 1.73. The predicted molar refractivity (Wildman–Crippen MR) is 92.6 cm³/mol. The molecule has 0 rings (SSSR count). The molecule has 0 spiro atoms. The highest BCUT2D eigenvalue weighted by atomic mass is 16.5. The Morgan fingerprint density at radius 2 is 1.24 bits per heavy atom. The highest BCUT2D eigenvalue weighted by Crippen LogP contribution is 2.22. The zero-order valence-corrected chi connectivity index (χ0v) is 15.1. The van der Waals surface area contributed by atoms with E-state index in [0.717, 1.165) is 0 Å². The van der Waals surface area contributed by atoms with Gasteiger partial charge in [0.25, 0.3) is 0 Å². The second-order valence-corrected chi connectivity index (χ2v) is 5.40. The average molecular weight is 356 g/mol. The van der Waals surface area contributed by atoms with Gasteiger partial charge in [-0.3, -0.25) is 9.59 Å². The molecule has 0 heterocycles. The lowest BCUT2D eigenvalue weighted by Gasteiger charge is -2.31. The molecule has 0 amide bonds. The molecular formula is C18H28O7. The lowest BCUT2D eigenvalue weighted by molar-refractivity contribution is -0.154. The van der Waals surface area contributed by atoms with Gasteiger partial charge in [0.15, 0.2) is 0 Å². The third-order valence-electron chi connectivity index (χ3n) is 2.95. The van der Waals surface area contributed by atoms with E-state index in [9.17, 15) is 9.59 Å². The third kappa shape index (κ3) is 11.7. The van der Waals surface area contributed by atoms with Crippen LogP contribution in [0.4, 0.5) is 0 Å². The van der Waals surface area contributed by atoms with Crippen LogP contribution >= 0.6 is 0 Å². The van der Waals surface area contributed by atoms with Crippen LogP contribution in [0.2, 0.25) is 0 Å². The quantitative estimate of drug-likeness (QED) is 0.378. The maximum atomic E-state index is 11.7. The first kappa shape index (κ1) is 22.6. The number of hydrogen-bond donors (Lipinski definition) is 1. The summed E-state index contributed by atoms with van der Waals surface area (Å²) in [6, 6.07) is 0. The average Bonchev–Trinajstić information content (AvgIpc) is 2.58. The molecule has 0 fully saturated rings. The summed E-state index contributed by atoms with van der Waals surface area (Å²) in [5.41, 5.74) is -0.739. The molecule has 0 aromatic carbocycles. The zero-order chi connectivity index (χ0) is 19.0. The van der Waals surface area contributed by atoms with Crippen molar-refractivity contribution < 1.29 is 33.6 Å². The first-order valence-corrected chi connectivity index (χ1v) is 8.05. The molecule has 0 aliphatic heterocycles. The van der Waals surface area contributed by atoms with Gasteiger partial charge in [-0.15, -0.1) is 0 Å². The van der Waals surface area contributed by atoms with E-state index in [-0.39, 0.29) is 39.3 Å². The van der Waals surface area contributed by atoms with Crippen LogP contribution in [0.25, 0.3) is 0 Å². The second-order valence-electron chi connectivity index (χ2n) is 5.40. The summed E-state index contributed by atoms with van der Waals surface area (Å²) in [4.78, 5) is 22.3. The highest BCUT2D eigenvalue weighted by molar-refractivity contribution is 5.76. The van der Waals surface area contributed by atoms with Crippen molar-refractivity contribution in [2.75, 3.05) is 26.4 Å². The van der Waals surface area contributed by atoms with Gasteiger partial charge in [-0.05, 0) is 20.8 Å². The molecule has 25 heavy (non-hydrogen) atoms. The number of allylic oxidation sites excluding steroid dienone is 3. The Balaban J connectivity index is 4.96. The summed E-state index contributed by atoms with van der Waals surface area (Å²) in [7, 11) is 0. The molecule has 0 aromatic rings. The van der Waals surface area contributed by atoms with Crippen LogP contribution in [0.3, 0.4) is 0 Å². The topological polar surface area (TPSA) is 91.3 Å². The largest absolute Gasteiger partial charge is 0.501 e. The number of hydrogen-bond acceptors (Lipinski definition) is 6. The Labute approximate surface area is 148 Å². The van der Waals surface area contributed by atoms with E-state index in [2.05, 4.69) is 0 Å². The molecule has 0 aliphatic rings. The van der Waals surface area contributed by atoms with Gasteiger partial charge in [0, 0.05) is 0 Å². The van der Waals surface area contributed by atoms with Crippen molar-refractivity contribution in [1.29, 1.82) is 0 Å². The van der Waals surface area contributed by atoms with Crippen LogP contribution in [-0.2, 0) is 28.5 Å². The first-order chi connectivity index (χ1) is 12.0. The van der Waals surface area contributed by atoms with Gasteiger partial charge in [-0.2, -0.15) is 0 Å². The normalized spacial score (nSPS) is 13.9. The predicted octanol–water partition coefficient (Wildman–Crippen LogP) is 3.03. The van der Waals surface area contributed by atoms with E-state index in [4.69, 9.17) is 24.1 Å². The number of ether oxygens (including phenoxy) is 4. The summed E-state index contributed by atoms with van der Waals surface area (Å²) in [6.45, 7) is 6.06. The van der Waals surface area contributed by atoms with Crippen LogP contribution in [-0.4, -0.2) is 43.5 Å². The third-order valence-corrected chi connectivity index (χ3v) is 2.95. The summed E-state index contributed by atoms with van der Waals surface area (Å²) in [5.74, 6) is -1.64. The van der Waals surface area contributed by atoms with E-state index in [1.807, 2.05) is 20.8 Å². The van der Waals surface area contributed by atoms with Crippen molar-refractivity contribution in [2.24, 2.45) is 5.41 Å². The number of carboxylic acids is 1. The summed E-state index contributed by atoms with van der Waals surface area (Å²) >= 11 is 0. The van der Waals surface area contributed by atoms with E-state index in [1.165, 1.54) is 18.8 Å². The monoisotopic (exact) mass is 356 g/mol. The molecule has 0 aliphatic carbocycles. The minimum Gasteiger partial charge on any atom is -0.501 e. The number of carbonyl (C=O) groups excluding carboxylic acids is 1. The maximum absolute atomic E-state index is 11.7. The number of aliphatic carboxylic acids is 1. The van der Waals surface area contributed by atoms with E-state index < -0.39 is 17.4 Å². The van der Waals surface area contributed by atoms with Gasteiger partial charge in [0.2, 0.25) is 0 Å². The molecule has 0 unspecified atom stereocenters. The summed E-state index contributed by atoms with van der Waals surface area (Å²) in [5, 5.41) is 8.63. The van der Waals surface area contributed by atoms with Crippen molar-refractivity contribution >= 4 is 11.9 Å². The van der Waals surface area contributed by atoms with Gasteiger partial charge in [-0.25, -0.2) is 0 Å². The van der Waals surface area contributed by atoms with Crippen LogP contribution < -0.4 is 0 Å². The van der Waals surface area contributed by atoms with Gasteiger partial charge in [0.1, 0.15) is 31.8 Å². The van der Waals surface area contributed by atoms with Crippen LogP contribution in [0.1, 0.15) is 33.6 Å². The number of rotatable bonds is 14. The van der Waals surface area contributed by atoms with Crippen molar-refractivity contribution in [3.8, 4) is 0 Å². The molecule has 0 atom stereocenters.